The number of pyridine rings is 1. The molecule has 1 N–H and O–H groups in total. The minimum Gasteiger partial charge on any atom is -0.760 e. The van der Waals surface area contributed by atoms with Gasteiger partial charge in [-0.3, -0.25) is 9.19 Å². The van der Waals surface area contributed by atoms with Gasteiger partial charge in [-0.05, 0) is 54.1 Å². The van der Waals surface area contributed by atoms with Crippen molar-refractivity contribution in [1.29, 1.82) is 0 Å². The summed E-state index contributed by atoms with van der Waals surface area (Å²) in [7, 11) is 1.54. The summed E-state index contributed by atoms with van der Waals surface area (Å²) >= 11 is -2.30. The zero-order chi connectivity index (χ0) is 23.5. The van der Waals surface area contributed by atoms with Crippen LogP contribution in [0.25, 0.3) is 27.9 Å². The van der Waals surface area contributed by atoms with Gasteiger partial charge >= 0.3 is 0 Å². The molecule has 2 aromatic carbocycles. The molecule has 0 spiro atoms. The number of aromatic nitrogens is 4. The van der Waals surface area contributed by atoms with Gasteiger partial charge in [-0.15, -0.1) is 5.10 Å². The van der Waals surface area contributed by atoms with Crippen LogP contribution in [0.15, 0.2) is 91.4 Å². The van der Waals surface area contributed by atoms with Gasteiger partial charge in [-0.25, -0.2) is 13.8 Å². The summed E-state index contributed by atoms with van der Waals surface area (Å²) < 4.78 is 25.7. The van der Waals surface area contributed by atoms with E-state index in [1.165, 1.54) is 4.31 Å². The molecule has 5 aromatic rings. The Morgan fingerprint density at radius 3 is 2.56 bits per heavy atom. The third-order valence-corrected chi connectivity index (χ3v) is 6.11. The predicted molar refractivity (Wildman–Crippen MR) is 132 cm³/mol. The lowest BCUT2D eigenvalue weighted by Gasteiger charge is -2.20. The molecule has 3 aromatic heterocycles. The summed E-state index contributed by atoms with van der Waals surface area (Å²) in [4.78, 5) is 8.61. The number of rotatable bonds is 7. The van der Waals surface area contributed by atoms with E-state index in [1.807, 2.05) is 83.5 Å². The molecule has 3 heterocycles. The molecule has 170 valence electrons. The number of benzene rings is 2. The summed E-state index contributed by atoms with van der Waals surface area (Å²) in [5.74, 6) is 0.453. The SMILES string of the molecule is CN(Cc1ccccc1-c1ccc2cnc(Nc3ccc(-c4cccnc4)cc3)nn12)S(=O)[O-]. The van der Waals surface area contributed by atoms with E-state index in [2.05, 4.69) is 15.3 Å². The molecule has 1 unspecified atom stereocenters. The van der Waals surface area contributed by atoms with Crippen molar-refractivity contribution in [2.24, 2.45) is 0 Å². The van der Waals surface area contributed by atoms with Crippen LogP contribution in [0.4, 0.5) is 11.6 Å². The largest absolute Gasteiger partial charge is 0.760 e. The third-order valence-electron chi connectivity index (χ3n) is 5.48. The zero-order valence-corrected chi connectivity index (χ0v) is 19.1. The zero-order valence-electron chi connectivity index (χ0n) is 18.3. The number of hydrogen-bond donors (Lipinski definition) is 1. The molecule has 1 atom stereocenters. The van der Waals surface area contributed by atoms with Crippen LogP contribution in [0.2, 0.25) is 0 Å². The minimum absolute atomic E-state index is 0.263. The summed E-state index contributed by atoms with van der Waals surface area (Å²) in [6, 6.07) is 23.5. The van der Waals surface area contributed by atoms with Crippen molar-refractivity contribution in [2.75, 3.05) is 12.4 Å². The molecular weight excluding hydrogens is 448 g/mol. The van der Waals surface area contributed by atoms with Crippen molar-refractivity contribution in [3.05, 3.63) is 97.0 Å². The van der Waals surface area contributed by atoms with Crippen molar-refractivity contribution >= 4 is 28.4 Å². The maximum Gasteiger partial charge on any atom is 0.245 e. The maximum atomic E-state index is 11.3. The fourth-order valence-corrected chi connectivity index (χ4v) is 4.02. The van der Waals surface area contributed by atoms with Gasteiger partial charge in [-0.1, -0.05) is 42.5 Å². The Morgan fingerprint density at radius 2 is 1.79 bits per heavy atom. The molecule has 0 bridgehead atoms. The summed E-state index contributed by atoms with van der Waals surface area (Å²) in [6.07, 6.45) is 5.34. The smallest absolute Gasteiger partial charge is 0.245 e. The lowest BCUT2D eigenvalue weighted by Crippen LogP contribution is -2.20. The van der Waals surface area contributed by atoms with Gasteiger partial charge in [-0.2, -0.15) is 0 Å². The van der Waals surface area contributed by atoms with Crippen LogP contribution >= 0.6 is 0 Å². The van der Waals surface area contributed by atoms with Crippen LogP contribution in [0.3, 0.4) is 0 Å². The fraction of sp³-hybridized carbons (Fsp3) is 0.0800. The number of nitrogens with one attached hydrogen (secondary N) is 1. The molecule has 0 aliphatic heterocycles. The first-order valence-electron chi connectivity index (χ1n) is 10.6. The van der Waals surface area contributed by atoms with E-state index in [-0.39, 0.29) is 6.54 Å². The quantitative estimate of drug-likeness (QED) is 0.354. The number of hydrogen-bond acceptors (Lipinski definition) is 6. The van der Waals surface area contributed by atoms with Crippen LogP contribution < -0.4 is 5.32 Å². The van der Waals surface area contributed by atoms with E-state index in [0.717, 1.165) is 39.2 Å². The highest BCUT2D eigenvalue weighted by Crippen LogP contribution is 2.27. The molecule has 0 saturated carbocycles. The van der Waals surface area contributed by atoms with E-state index in [9.17, 15) is 8.76 Å². The minimum atomic E-state index is -2.30. The maximum absolute atomic E-state index is 11.3. The van der Waals surface area contributed by atoms with Crippen molar-refractivity contribution in [3.63, 3.8) is 0 Å². The highest BCUT2D eigenvalue weighted by molar-refractivity contribution is 7.76. The Kier molecular flexibility index (Phi) is 6.13. The molecular formula is C25H21N6O2S-. The van der Waals surface area contributed by atoms with Crippen LogP contribution in [-0.4, -0.2) is 39.7 Å². The Bertz CT molecular complexity index is 1450. The molecule has 0 aliphatic rings. The van der Waals surface area contributed by atoms with E-state index in [0.29, 0.717) is 5.95 Å². The van der Waals surface area contributed by atoms with Gasteiger partial charge in [0.15, 0.2) is 0 Å². The molecule has 5 rings (SSSR count). The van der Waals surface area contributed by atoms with E-state index >= 15 is 0 Å². The van der Waals surface area contributed by atoms with Gasteiger partial charge in [0, 0.05) is 41.5 Å². The van der Waals surface area contributed by atoms with Gasteiger partial charge in [0.1, 0.15) is 0 Å². The van der Waals surface area contributed by atoms with Crippen LogP contribution in [0.5, 0.6) is 0 Å². The summed E-state index contributed by atoms with van der Waals surface area (Å²) in [6.45, 7) is 0.263. The molecule has 9 heteroatoms. The lowest BCUT2D eigenvalue weighted by molar-refractivity contribution is 0.431. The molecule has 0 amide bonds. The Morgan fingerprint density at radius 1 is 0.971 bits per heavy atom. The average molecular weight is 470 g/mol. The second-order valence-corrected chi connectivity index (χ2v) is 8.80. The first-order chi connectivity index (χ1) is 16.6. The van der Waals surface area contributed by atoms with Crippen molar-refractivity contribution < 1.29 is 8.76 Å². The lowest BCUT2D eigenvalue weighted by atomic mass is 10.0. The highest BCUT2D eigenvalue weighted by Gasteiger charge is 2.13. The van der Waals surface area contributed by atoms with Crippen LogP contribution in [0, 0.1) is 0 Å². The summed E-state index contributed by atoms with van der Waals surface area (Å²) in [5, 5.41) is 7.95. The molecule has 34 heavy (non-hydrogen) atoms. The van der Waals surface area contributed by atoms with E-state index < -0.39 is 11.3 Å². The topological polar surface area (TPSA) is 98.5 Å². The monoisotopic (exact) mass is 469 g/mol. The van der Waals surface area contributed by atoms with Gasteiger partial charge in [0.05, 0.1) is 17.4 Å². The Hall–Kier alpha value is -3.92. The first-order valence-corrected chi connectivity index (χ1v) is 11.6. The normalized spacial score (nSPS) is 12.2. The van der Waals surface area contributed by atoms with Crippen molar-refractivity contribution in [3.8, 4) is 22.4 Å². The van der Waals surface area contributed by atoms with Gasteiger partial charge in [0.25, 0.3) is 0 Å². The molecule has 0 radical (unpaired) electrons. The van der Waals surface area contributed by atoms with Crippen molar-refractivity contribution in [2.45, 2.75) is 6.54 Å². The highest BCUT2D eigenvalue weighted by atomic mass is 32.2. The number of anilines is 2. The van der Waals surface area contributed by atoms with Gasteiger partial charge < -0.3 is 9.87 Å². The summed E-state index contributed by atoms with van der Waals surface area (Å²) in [5.41, 5.74) is 6.47. The molecule has 0 aliphatic carbocycles. The fourth-order valence-electron chi connectivity index (χ4n) is 3.77. The average Bonchev–Trinajstić information content (AvgIpc) is 3.28. The molecule has 0 saturated heterocycles. The third kappa shape index (κ3) is 4.58. The predicted octanol–water partition coefficient (Wildman–Crippen LogP) is 4.43. The number of fused-ring (bicyclic) bond motifs is 1. The molecule has 0 fully saturated rings. The van der Waals surface area contributed by atoms with Crippen LogP contribution in [-0.2, 0) is 17.8 Å². The van der Waals surface area contributed by atoms with Crippen molar-refractivity contribution in [1.82, 2.24) is 23.9 Å². The van der Waals surface area contributed by atoms with Crippen LogP contribution in [0.1, 0.15) is 5.56 Å². The van der Waals surface area contributed by atoms with E-state index in [1.54, 1.807) is 19.4 Å². The Balaban J connectivity index is 1.44. The Labute approximate surface area is 199 Å². The van der Waals surface area contributed by atoms with E-state index in [4.69, 9.17) is 5.10 Å². The first kappa shape index (κ1) is 21.9. The second-order valence-electron chi connectivity index (χ2n) is 7.74. The van der Waals surface area contributed by atoms with Gasteiger partial charge in [0.2, 0.25) is 5.95 Å². The number of nitrogens with zero attached hydrogens (tertiary/aromatic N) is 5. The molecule has 8 nitrogen and oxygen atoms in total. The standard InChI is InChI=1S/C25H22N6O2S/c1-30(34(32)33)17-20-5-2-3-7-23(20)24-13-12-22-16-27-25(29-31(22)24)28-21-10-8-18(9-11-21)19-6-4-14-26-15-19/h2-16H,17H2,1H3,(H,28,29)(H,32,33)/p-1. The second kappa shape index (κ2) is 9.52.